The van der Waals surface area contributed by atoms with Crippen LogP contribution in [0.15, 0.2) is 36.4 Å². The van der Waals surface area contributed by atoms with Gasteiger partial charge >= 0.3 is 0 Å². The molecule has 4 rings (SSSR count). The molecule has 0 saturated heterocycles. The molecule has 3 aliphatic rings. The van der Waals surface area contributed by atoms with Crippen molar-refractivity contribution in [2.45, 2.75) is 128 Å². The van der Waals surface area contributed by atoms with Gasteiger partial charge in [-0.2, -0.15) is 0 Å². The normalized spacial score (nSPS) is 22.8. The van der Waals surface area contributed by atoms with Crippen molar-refractivity contribution < 1.29 is 9.47 Å². The molecule has 0 radical (unpaired) electrons. The standard InChI is InChI=1S/C30H45O2P/c1-22(2)31-27-19-13-20-28(32-23(3)4)30(27)26-18-11-12-21-29(26)33(24-14-7-5-8-15-24)25-16-9-6-10-17-25/h11-13,18-20,22-25,29H,5-10,14-17,21H2,1-4H3. The Morgan fingerprint density at radius 2 is 1.27 bits per heavy atom. The minimum Gasteiger partial charge on any atom is -0.490 e. The average Bonchev–Trinajstić information content (AvgIpc) is 2.81. The molecule has 1 aromatic carbocycles. The molecular weight excluding hydrogens is 423 g/mol. The van der Waals surface area contributed by atoms with E-state index in [9.17, 15) is 0 Å². The molecular formula is C30H45O2P. The maximum absolute atomic E-state index is 6.40. The van der Waals surface area contributed by atoms with Crippen LogP contribution in [0.2, 0.25) is 0 Å². The minimum absolute atomic E-state index is 0.0742. The molecule has 1 aromatic rings. The first-order valence-corrected chi connectivity index (χ1v) is 15.2. The van der Waals surface area contributed by atoms with E-state index in [0.717, 1.165) is 22.8 Å². The summed E-state index contributed by atoms with van der Waals surface area (Å²) in [5.74, 6) is 1.99. The van der Waals surface area contributed by atoms with Gasteiger partial charge in [-0.05, 0) is 88.8 Å². The van der Waals surface area contributed by atoms with Gasteiger partial charge in [0.15, 0.2) is 0 Å². The zero-order valence-corrected chi connectivity index (χ0v) is 22.3. The summed E-state index contributed by atoms with van der Waals surface area (Å²) in [6.07, 6.45) is 23.0. The molecule has 2 nitrogen and oxygen atoms in total. The van der Waals surface area contributed by atoms with Gasteiger partial charge < -0.3 is 9.47 Å². The lowest BCUT2D eigenvalue weighted by molar-refractivity contribution is 0.227. The third kappa shape index (κ3) is 6.25. The van der Waals surface area contributed by atoms with Crippen LogP contribution in [0.4, 0.5) is 0 Å². The lowest BCUT2D eigenvalue weighted by atomic mass is 9.94. The first-order valence-electron chi connectivity index (χ1n) is 13.7. The van der Waals surface area contributed by atoms with E-state index in [1.54, 1.807) is 0 Å². The number of ether oxygens (including phenoxy) is 2. The van der Waals surface area contributed by atoms with Crippen molar-refractivity contribution in [1.82, 2.24) is 0 Å². The molecule has 0 heterocycles. The number of allylic oxidation sites excluding steroid dienone is 4. The van der Waals surface area contributed by atoms with E-state index in [1.165, 1.54) is 81.8 Å². The number of hydrogen-bond acceptors (Lipinski definition) is 2. The highest BCUT2D eigenvalue weighted by molar-refractivity contribution is 7.60. The van der Waals surface area contributed by atoms with Crippen molar-refractivity contribution in [2.24, 2.45) is 0 Å². The summed E-state index contributed by atoms with van der Waals surface area (Å²) in [6, 6.07) is 6.41. The van der Waals surface area contributed by atoms with Crippen LogP contribution in [0.5, 0.6) is 11.5 Å². The van der Waals surface area contributed by atoms with Crippen LogP contribution in [0.3, 0.4) is 0 Å². The van der Waals surface area contributed by atoms with E-state index in [-0.39, 0.29) is 20.1 Å². The second-order valence-electron chi connectivity index (χ2n) is 10.8. The molecule has 0 bridgehead atoms. The summed E-state index contributed by atoms with van der Waals surface area (Å²) in [6.45, 7) is 8.51. The van der Waals surface area contributed by atoms with Crippen LogP contribution in [-0.4, -0.2) is 29.2 Å². The van der Waals surface area contributed by atoms with Gasteiger partial charge in [0, 0.05) is 5.66 Å². The van der Waals surface area contributed by atoms with E-state index in [1.807, 2.05) is 0 Å². The monoisotopic (exact) mass is 468 g/mol. The molecule has 0 aliphatic heterocycles. The quantitative estimate of drug-likeness (QED) is 0.354. The molecule has 2 saturated carbocycles. The Bertz CT molecular complexity index is 766. The second kappa shape index (κ2) is 11.9. The van der Waals surface area contributed by atoms with Crippen molar-refractivity contribution in [1.29, 1.82) is 0 Å². The topological polar surface area (TPSA) is 18.5 Å². The van der Waals surface area contributed by atoms with Gasteiger partial charge in [-0.15, -0.1) is 0 Å². The van der Waals surface area contributed by atoms with Crippen molar-refractivity contribution in [3.8, 4) is 11.5 Å². The van der Waals surface area contributed by atoms with Crippen LogP contribution < -0.4 is 9.47 Å². The zero-order valence-electron chi connectivity index (χ0n) is 21.4. The summed E-state index contributed by atoms with van der Waals surface area (Å²) in [5.41, 5.74) is 5.22. The molecule has 33 heavy (non-hydrogen) atoms. The van der Waals surface area contributed by atoms with Crippen LogP contribution in [0, 0.1) is 0 Å². The average molecular weight is 469 g/mol. The lowest BCUT2D eigenvalue weighted by Gasteiger charge is -2.44. The van der Waals surface area contributed by atoms with Crippen LogP contribution in [0.25, 0.3) is 5.57 Å². The largest absolute Gasteiger partial charge is 0.490 e. The molecule has 1 atom stereocenters. The van der Waals surface area contributed by atoms with E-state index in [0.29, 0.717) is 5.66 Å². The first-order chi connectivity index (χ1) is 16.0. The van der Waals surface area contributed by atoms with Gasteiger partial charge in [0.25, 0.3) is 0 Å². The summed E-state index contributed by atoms with van der Waals surface area (Å²) in [7, 11) is -0.0742. The Morgan fingerprint density at radius 3 is 1.76 bits per heavy atom. The van der Waals surface area contributed by atoms with Crippen LogP contribution in [0.1, 0.15) is 104 Å². The predicted molar refractivity (Wildman–Crippen MR) is 144 cm³/mol. The molecule has 0 spiro atoms. The highest BCUT2D eigenvalue weighted by atomic mass is 31.1. The summed E-state index contributed by atoms with van der Waals surface area (Å²) >= 11 is 0. The van der Waals surface area contributed by atoms with Crippen molar-refractivity contribution in [3.63, 3.8) is 0 Å². The third-order valence-electron chi connectivity index (χ3n) is 7.48. The maximum Gasteiger partial charge on any atom is 0.130 e. The second-order valence-corrected chi connectivity index (χ2v) is 13.8. The highest BCUT2D eigenvalue weighted by Crippen LogP contribution is 2.63. The fourth-order valence-corrected chi connectivity index (χ4v) is 10.7. The summed E-state index contributed by atoms with van der Waals surface area (Å²) in [5, 5.41) is 0. The molecule has 0 aromatic heterocycles. The summed E-state index contributed by atoms with van der Waals surface area (Å²) in [4.78, 5) is 0. The Labute approximate surface area is 204 Å². The zero-order chi connectivity index (χ0) is 23.2. The van der Waals surface area contributed by atoms with Gasteiger partial charge in [0.05, 0.1) is 17.8 Å². The van der Waals surface area contributed by atoms with E-state index < -0.39 is 0 Å². The third-order valence-corrected chi connectivity index (χ3v) is 11.4. The SMILES string of the molecule is CC(C)Oc1cccc(OC(C)C)c1C1=CC=CCC1P(C1CCCCC1)C1CCCCC1. The minimum atomic E-state index is -0.0742. The lowest BCUT2D eigenvalue weighted by Crippen LogP contribution is -2.28. The van der Waals surface area contributed by atoms with Crippen molar-refractivity contribution in [2.75, 3.05) is 0 Å². The Kier molecular flexibility index (Phi) is 8.98. The van der Waals surface area contributed by atoms with E-state index in [2.05, 4.69) is 64.1 Å². The maximum atomic E-state index is 6.40. The highest BCUT2D eigenvalue weighted by Gasteiger charge is 2.39. The Balaban J connectivity index is 1.76. The van der Waals surface area contributed by atoms with Crippen LogP contribution in [-0.2, 0) is 0 Å². The van der Waals surface area contributed by atoms with Crippen molar-refractivity contribution >= 4 is 13.5 Å². The molecule has 0 N–H and O–H groups in total. The molecule has 182 valence electrons. The molecule has 1 unspecified atom stereocenters. The molecule has 0 amide bonds. The number of benzene rings is 1. The smallest absolute Gasteiger partial charge is 0.130 e. The van der Waals surface area contributed by atoms with Gasteiger partial charge in [-0.1, -0.05) is 70.7 Å². The first kappa shape index (κ1) is 24.8. The van der Waals surface area contributed by atoms with Gasteiger partial charge in [-0.3, -0.25) is 0 Å². The Morgan fingerprint density at radius 1 is 0.758 bits per heavy atom. The van der Waals surface area contributed by atoms with E-state index in [4.69, 9.17) is 9.47 Å². The predicted octanol–water partition coefficient (Wildman–Crippen LogP) is 9.12. The van der Waals surface area contributed by atoms with Gasteiger partial charge in [0.2, 0.25) is 0 Å². The molecule has 2 fully saturated rings. The van der Waals surface area contributed by atoms with Gasteiger partial charge in [-0.25, -0.2) is 0 Å². The summed E-state index contributed by atoms with van der Waals surface area (Å²) < 4.78 is 12.8. The number of rotatable bonds is 8. The van der Waals surface area contributed by atoms with Crippen molar-refractivity contribution in [3.05, 3.63) is 42.0 Å². The molecule has 3 heteroatoms. The van der Waals surface area contributed by atoms with Gasteiger partial charge in [0.1, 0.15) is 11.5 Å². The fourth-order valence-electron chi connectivity index (χ4n) is 6.21. The number of hydrogen-bond donors (Lipinski definition) is 0. The van der Waals surface area contributed by atoms with Crippen LogP contribution >= 0.6 is 7.92 Å². The Hall–Kier alpha value is -1.27. The molecule has 3 aliphatic carbocycles. The van der Waals surface area contributed by atoms with E-state index >= 15 is 0 Å². The fraction of sp³-hybridized carbons (Fsp3) is 0.667.